The molecule has 0 aliphatic rings. The number of aromatic nitrogens is 3. The van der Waals surface area contributed by atoms with Crippen molar-refractivity contribution in [3.05, 3.63) is 41.7 Å². The molecule has 100 valence electrons. The molecule has 0 fully saturated rings. The molecule has 4 N–H and O–H groups in total. The van der Waals surface area contributed by atoms with Crippen molar-refractivity contribution in [1.29, 1.82) is 0 Å². The molecule has 2 aromatic heterocycles. The first-order chi connectivity index (χ1) is 9.16. The normalized spacial score (nSPS) is 10.4. The van der Waals surface area contributed by atoms with Gasteiger partial charge in [0.15, 0.2) is 0 Å². The lowest BCUT2D eigenvalue weighted by Crippen LogP contribution is -2.26. The van der Waals surface area contributed by atoms with Crippen LogP contribution in [0.2, 0.25) is 0 Å². The molecule has 0 radical (unpaired) electrons. The number of carbonyl (C=O) groups is 1. The summed E-state index contributed by atoms with van der Waals surface area (Å²) >= 11 is 0. The van der Waals surface area contributed by atoms with Crippen molar-refractivity contribution in [3.63, 3.8) is 0 Å². The Kier molecular flexibility index (Phi) is 4.12. The van der Waals surface area contributed by atoms with Crippen LogP contribution in [0.4, 0.5) is 5.69 Å². The summed E-state index contributed by atoms with van der Waals surface area (Å²) in [6, 6.07) is 1.69. The van der Waals surface area contributed by atoms with Gasteiger partial charge in [-0.3, -0.25) is 9.78 Å². The van der Waals surface area contributed by atoms with Crippen LogP contribution in [0.3, 0.4) is 0 Å². The largest absolute Gasteiger partial charge is 0.398 e. The number of pyridine rings is 1. The van der Waals surface area contributed by atoms with Crippen LogP contribution in [0.5, 0.6) is 0 Å². The Hall–Kier alpha value is -2.37. The van der Waals surface area contributed by atoms with E-state index in [0.717, 1.165) is 24.4 Å². The van der Waals surface area contributed by atoms with Gasteiger partial charge in [0, 0.05) is 42.9 Å². The molecule has 2 aromatic rings. The molecule has 2 rings (SSSR count). The van der Waals surface area contributed by atoms with Gasteiger partial charge in [0.05, 0.1) is 5.56 Å². The molecule has 0 aliphatic heterocycles. The summed E-state index contributed by atoms with van der Waals surface area (Å²) in [6.45, 7) is 2.41. The van der Waals surface area contributed by atoms with Crippen LogP contribution in [0.25, 0.3) is 0 Å². The lowest BCUT2D eigenvalue weighted by atomic mass is 10.2. The van der Waals surface area contributed by atoms with Gasteiger partial charge in [-0.2, -0.15) is 0 Å². The zero-order valence-electron chi connectivity index (χ0n) is 10.8. The van der Waals surface area contributed by atoms with E-state index in [9.17, 15) is 4.79 Å². The van der Waals surface area contributed by atoms with Gasteiger partial charge in [0.1, 0.15) is 5.82 Å². The number of amides is 1. The standard InChI is InChI=1S/C13H17N5O/c1-9-7-11(14)10(8-18-9)13(19)17-4-2-3-12-15-5-6-16-12/h5-8H,2-4H2,1H3,(H2,14,18)(H,15,16)(H,17,19). The number of aromatic amines is 1. The highest BCUT2D eigenvalue weighted by molar-refractivity contribution is 5.98. The fraction of sp³-hybridized carbons (Fsp3) is 0.308. The van der Waals surface area contributed by atoms with Crippen LogP contribution >= 0.6 is 0 Å². The highest BCUT2D eigenvalue weighted by atomic mass is 16.1. The van der Waals surface area contributed by atoms with Gasteiger partial charge in [-0.05, 0) is 19.4 Å². The second-order valence-electron chi connectivity index (χ2n) is 4.31. The Morgan fingerprint density at radius 1 is 1.47 bits per heavy atom. The minimum absolute atomic E-state index is 0.190. The van der Waals surface area contributed by atoms with Crippen LogP contribution in [-0.4, -0.2) is 27.4 Å². The molecule has 19 heavy (non-hydrogen) atoms. The minimum Gasteiger partial charge on any atom is -0.398 e. The second kappa shape index (κ2) is 5.99. The zero-order chi connectivity index (χ0) is 13.7. The van der Waals surface area contributed by atoms with Crippen molar-refractivity contribution in [1.82, 2.24) is 20.3 Å². The van der Waals surface area contributed by atoms with E-state index in [-0.39, 0.29) is 5.91 Å². The third kappa shape index (κ3) is 3.54. The van der Waals surface area contributed by atoms with E-state index in [2.05, 4.69) is 20.3 Å². The van der Waals surface area contributed by atoms with E-state index in [0.29, 0.717) is 17.8 Å². The number of nitrogens with one attached hydrogen (secondary N) is 2. The van der Waals surface area contributed by atoms with Gasteiger partial charge >= 0.3 is 0 Å². The molecule has 0 aliphatic carbocycles. The van der Waals surface area contributed by atoms with Crippen molar-refractivity contribution in [2.24, 2.45) is 0 Å². The summed E-state index contributed by atoms with van der Waals surface area (Å²) in [5.74, 6) is 0.732. The summed E-state index contributed by atoms with van der Waals surface area (Å²) in [5.41, 5.74) is 7.46. The van der Waals surface area contributed by atoms with Crippen molar-refractivity contribution in [2.45, 2.75) is 19.8 Å². The van der Waals surface area contributed by atoms with Crippen molar-refractivity contribution in [3.8, 4) is 0 Å². The number of aryl methyl sites for hydroxylation is 2. The second-order valence-corrected chi connectivity index (χ2v) is 4.31. The average Bonchev–Trinajstić information content (AvgIpc) is 2.87. The first-order valence-electron chi connectivity index (χ1n) is 6.15. The molecular formula is C13H17N5O. The van der Waals surface area contributed by atoms with Crippen molar-refractivity contribution in [2.75, 3.05) is 12.3 Å². The Balaban J connectivity index is 1.81. The minimum atomic E-state index is -0.190. The lowest BCUT2D eigenvalue weighted by Gasteiger charge is -2.07. The maximum atomic E-state index is 11.9. The number of hydrogen-bond acceptors (Lipinski definition) is 4. The maximum Gasteiger partial charge on any atom is 0.254 e. The molecule has 0 atom stereocenters. The van der Waals surface area contributed by atoms with E-state index in [1.807, 2.05) is 6.92 Å². The molecule has 6 heteroatoms. The molecule has 0 saturated carbocycles. The summed E-state index contributed by atoms with van der Waals surface area (Å²) < 4.78 is 0. The molecule has 0 bridgehead atoms. The molecule has 0 saturated heterocycles. The molecule has 2 heterocycles. The van der Waals surface area contributed by atoms with E-state index < -0.39 is 0 Å². The Bertz CT molecular complexity index is 550. The van der Waals surface area contributed by atoms with Crippen LogP contribution in [0.15, 0.2) is 24.7 Å². The molecule has 0 spiro atoms. The first-order valence-corrected chi connectivity index (χ1v) is 6.15. The molecule has 0 unspecified atom stereocenters. The zero-order valence-corrected chi connectivity index (χ0v) is 10.8. The van der Waals surface area contributed by atoms with Crippen LogP contribution in [-0.2, 0) is 6.42 Å². The third-order valence-electron chi connectivity index (χ3n) is 2.75. The van der Waals surface area contributed by atoms with Crippen molar-refractivity contribution >= 4 is 11.6 Å². The average molecular weight is 259 g/mol. The summed E-state index contributed by atoms with van der Waals surface area (Å²) in [4.78, 5) is 23.1. The predicted octanol–water partition coefficient (Wildman–Crippen LogP) is 1.06. The number of H-pyrrole nitrogens is 1. The highest BCUT2D eigenvalue weighted by Gasteiger charge is 2.09. The SMILES string of the molecule is Cc1cc(N)c(C(=O)NCCCc2ncc[nH]2)cn1. The number of imidazole rings is 1. The molecule has 6 nitrogen and oxygen atoms in total. The molecule has 1 amide bonds. The highest BCUT2D eigenvalue weighted by Crippen LogP contribution is 2.10. The Morgan fingerprint density at radius 3 is 3.00 bits per heavy atom. The Labute approximate surface area is 111 Å². The van der Waals surface area contributed by atoms with E-state index >= 15 is 0 Å². The lowest BCUT2D eigenvalue weighted by molar-refractivity contribution is 0.0953. The number of carbonyl (C=O) groups excluding carboxylic acids is 1. The van der Waals surface area contributed by atoms with E-state index in [1.165, 1.54) is 6.20 Å². The van der Waals surface area contributed by atoms with Gasteiger partial charge in [-0.25, -0.2) is 4.98 Å². The van der Waals surface area contributed by atoms with Crippen LogP contribution < -0.4 is 11.1 Å². The van der Waals surface area contributed by atoms with Gasteiger partial charge in [-0.15, -0.1) is 0 Å². The summed E-state index contributed by atoms with van der Waals surface area (Å²) in [5, 5.41) is 2.82. The number of rotatable bonds is 5. The fourth-order valence-corrected chi connectivity index (χ4v) is 1.76. The monoisotopic (exact) mass is 259 g/mol. The Morgan fingerprint density at radius 2 is 2.32 bits per heavy atom. The van der Waals surface area contributed by atoms with Crippen LogP contribution in [0.1, 0.15) is 28.3 Å². The number of hydrogen-bond donors (Lipinski definition) is 3. The quantitative estimate of drug-likeness (QED) is 0.699. The van der Waals surface area contributed by atoms with E-state index in [4.69, 9.17) is 5.73 Å². The first kappa shape index (κ1) is 13.1. The van der Waals surface area contributed by atoms with Crippen LogP contribution in [0, 0.1) is 6.92 Å². The van der Waals surface area contributed by atoms with Crippen molar-refractivity contribution < 1.29 is 4.79 Å². The molecular weight excluding hydrogens is 242 g/mol. The predicted molar refractivity (Wildman–Crippen MR) is 72.6 cm³/mol. The van der Waals surface area contributed by atoms with Gasteiger partial charge in [0.2, 0.25) is 0 Å². The number of nitrogens with zero attached hydrogens (tertiary/aromatic N) is 2. The number of nitrogens with two attached hydrogens (primary N) is 1. The summed E-state index contributed by atoms with van der Waals surface area (Å²) in [7, 11) is 0. The maximum absolute atomic E-state index is 11.9. The fourth-order valence-electron chi connectivity index (χ4n) is 1.76. The van der Waals surface area contributed by atoms with E-state index in [1.54, 1.807) is 18.5 Å². The topological polar surface area (TPSA) is 96.7 Å². The third-order valence-corrected chi connectivity index (χ3v) is 2.75. The van der Waals surface area contributed by atoms with Gasteiger partial charge in [-0.1, -0.05) is 0 Å². The summed E-state index contributed by atoms with van der Waals surface area (Å²) in [6.07, 6.45) is 6.62. The smallest absolute Gasteiger partial charge is 0.254 e. The van der Waals surface area contributed by atoms with Gasteiger partial charge < -0.3 is 16.0 Å². The molecule has 0 aromatic carbocycles. The number of nitrogen functional groups attached to an aromatic ring is 1. The number of anilines is 1. The van der Waals surface area contributed by atoms with Gasteiger partial charge in [0.25, 0.3) is 5.91 Å².